The summed E-state index contributed by atoms with van der Waals surface area (Å²) in [4.78, 5) is 13.9. The van der Waals surface area contributed by atoms with E-state index in [2.05, 4.69) is 18.7 Å². The molecule has 0 radical (unpaired) electrons. The molecule has 2 heteroatoms. The second-order valence-electron chi connectivity index (χ2n) is 6.01. The van der Waals surface area contributed by atoms with Crippen LogP contribution in [0.25, 0.3) is 0 Å². The number of carbonyl (C=O) groups excluding carboxylic acids is 1. The molecular formula is C14H25NO. The molecule has 1 heterocycles. The van der Waals surface area contributed by atoms with Crippen molar-refractivity contribution >= 4 is 5.91 Å². The maximum atomic E-state index is 11.7. The monoisotopic (exact) mass is 223 g/mol. The SMILES string of the molecule is CC(C)CC1CCCC(N2CCCC2=O)C1. The third-order valence-electron chi connectivity index (χ3n) is 4.11. The Morgan fingerprint density at radius 3 is 2.75 bits per heavy atom. The van der Waals surface area contributed by atoms with Crippen molar-refractivity contribution in [3.63, 3.8) is 0 Å². The fourth-order valence-corrected chi connectivity index (χ4v) is 3.48. The lowest BCUT2D eigenvalue weighted by atomic mass is 9.80. The standard InChI is InChI=1S/C14H25NO/c1-11(2)9-12-5-3-6-13(10-12)15-8-4-7-14(15)16/h11-13H,3-10H2,1-2H3. The Morgan fingerprint density at radius 2 is 2.12 bits per heavy atom. The first-order chi connectivity index (χ1) is 7.66. The van der Waals surface area contributed by atoms with Gasteiger partial charge < -0.3 is 4.90 Å². The largest absolute Gasteiger partial charge is 0.340 e. The fraction of sp³-hybridized carbons (Fsp3) is 0.929. The van der Waals surface area contributed by atoms with Gasteiger partial charge in [0.1, 0.15) is 0 Å². The van der Waals surface area contributed by atoms with Crippen molar-refractivity contribution in [3.8, 4) is 0 Å². The molecule has 1 aliphatic carbocycles. The fourth-order valence-electron chi connectivity index (χ4n) is 3.48. The van der Waals surface area contributed by atoms with Crippen LogP contribution in [0.15, 0.2) is 0 Å². The molecule has 1 saturated heterocycles. The van der Waals surface area contributed by atoms with Crippen LogP contribution in [0.3, 0.4) is 0 Å². The van der Waals surface area contributed by atoms with Gasteiger partial charge in [-0.05, 0) is 37.5 Å². The van der Waals surface area contributed by atoms with Crippen LogP contribution in [0.1, 0.15) is 58.8 Å². The number of rotatable bonds is 3. The smallest absolute Gasteiger partial charge is 0.222 e. The average Bonchev–Trinajstić information content (AvgIpc) is 2.64. The van der Waals surface area contributed by atoms with Crippen LogP contribution >= 0.6 is 0 Å². The summed E-state index contributed by atoms with van der Waals surface area (Å²) in [6, 6.07) is 0.576. The zero-order valence-corrected chi connectivity index (χ0v) is 10.7. The molecule has 2 unspecified atom stereocenters. The molecule has 1 amide bonds. The van der Waals surface area contributed by atoms with E-state index in [1.165, 1.54) is 32.1 Å². The molecule has 92 valence electrons. The lowest BCUT2D eigenvalue weighted by Crippen LogP contribution is -2.39. The number of carbonyl (C=O) groups is 1. The van der Waals surface area contributed by atoms with Crippen LogP contribution in [-0.2, 0) is 4.79 Å². The molecule has 2 atom stereocenters. The van der Waals surface area contributed by atoms with E-state index in [-0.39, 0.29) is 0 Å². The van der Waals surface area contributed by atoms with E-state index < -0.39 is 0 Å². The third-order valence-corrected chi connectivity index (χ3v) is 4.11. The first-order valence-electron chi connectivity index (χ1n) is 6.96. The third kappa shape index (κ3) is 2.78. The minimum atomic E-state index is 0.412. The quantitative estimate of drug-likeness (QED) is 0.719. The topological polar surface area (TPSA) is 20.3 Å². The van der Waals surface area contributed by atoms with Crippen molar-refractivity contribution < 1.29 is 4.79 Å². The van der Waals surface area contributed by atoms with Crippen molar-refractivity contribution in [2.75, 3.05) is 6.54 Å². The van der Waals surface area contributed by atoms with Crippen LogP contribution in [-0.4, -0.2) is 23.4 Å². The molecule has 2 nitrogen and oxygen atoms in total. The highest BCUT2D eigenvalue weighted by Crippen LogP contribution is 2.33. The summed E-state index contributed by atoms with van der Waals surface area (Å²) < 4.78 is 0. The first kappa shape index (κ1) is 11.9. The van der Waals surface area contributed by atoms with Gasteiger partial charge in [0.25, 0.3) is 0 Å². The molecule has 2 rings (SSSR count). The van der Waals surface area contributed by atoms with Crippen molar-refractivity contribution in [2.24, 2.45) is 11.8 Å². The van der Waals surface area contributed by atoms with Gasteiger partial charge in [0.05, 0.1) is 0 Å². The molecule has 0 bridgehead atoms. The molecule has 16 heavy (non-hydrogen) atoms. The van der Waals surface area contributed by atoms with Crippen LogP contribution in [0.5, 0.6) is 0 Å². The average molecular weight is 223 g/mol. The molecule has 1 aliphatic heterocycles. The van der Waals surface area contributed by atoms with Crippen molar-refractivity contribution in [3.05, 3.63) is 0 Å². The second kappa shape index (κ2) is 5.20. The van der Waals surface area contributed by atoms with Crippen molar-refractivity contribution in [1.82, 2.24) is 4.90 Å². The normalized spacial score (nSPS) is 31.4. The van der Waals surface area contributed by atoms with Gasteiger partial charge in [-0.2, -0.15) is 0 Å². The molecule has 0 N–H and O–H groups in total. The van der Waals surface area contributed by atoms with E-state index in [4.69, 9.17) is 0 Å². The second-order valence-corrected chi connectivity index (χ2v) is 6.01. The highest BCUT2D eigenvalue weighted by molar-refractivity contribution is 5.78. The molecule has 2 fully saturated rings. The Bertz CT molecular complexity index is 249. The predicted molar refractivity (Wildman–Crippen MR) is 66.1 cm³/mol. The highest BCUT2D eigenvalue weighted by atomic mass is 16.2. The number of amides is 1. The van der Waals surface area contributed by atoms with Crippen LogP contribution < -0.4 is 0 Å². The van der Waals surface area contributed by atoms with Gasteiger partial charge >= 0.3 is 0 Å². The minimum absolute atomic E-state index is 0.412. The molecular weight excluding hydrogens is 198 g/mol. The van der Waals surface area contributed by atoms with Crippen LogP contribution in [0.4, 0.5) is 0 Å². The predicted octanol–water partition coefficient (Wildman–Crippen LogP) is 3.21. The Balaban J connectivity index is 1.88. The van der Waals surface area contributed by atoms with Gasteiger partial charge in [0, 0.05) is 19.0 Å². The van der Waals surface area contributed by atoms with E-state index in [1.807, 2.05) is 0 Å². The molecule has 0 aromatic carbocycles. The van der Waals surface area contributed by atoms with Crippen LogP contribution in [0, 0.1) is 11.8 Å². The minimum Gasteiger partial charge on any atom is -0.340 e. The maximum absolute atomic E-state index is 11.7. The first-order valence-corrected chi connectivity index (χ1v) is 6.96. The van der Waals surface area contributed by atoms with E-state index in [0.717, 1.165) is 31.2 Å². The van der Waals surface area contributed by atoms with Gasteiger partial charge in [-0.25, -0.2) is 0 Å². The molecule has 2 aliphatic rings. The van der Waals surface area contributed by atoms with Crippen molar-refractivity contribution in [2.45, 2.75) is 64.8 Å². The summed E-state index contributed by atoms with van der Waals surface area (Å²) in [5, 5.41) is 0. The Kier molecular flexibility index (Phi) is 3.88. The summed E-state index contributed by atoms with van der Waals surface area (Å²) in [6.45, 7) is 5.65. The van der Waals surface area contributed by atoms with E-state index in [0.29, 0.717) is 11.9 Å². The zero-order valence-electron chi connectivity index (χ0n) is 10.7. The number of likely N-dealkylation sites (tertiary alicyclic amines) is 1. The van der Waals surface area contributed by atoms with E-state index in [1.54, 1.807) is 0 Å². The zero-order chi connectivity index (χ0) is 11.5. The Hall–Kier alpha value is -0.530. The summed E-state index contributed by atoms with van der Waals surface area (Å²) in [5.74, 6) is 2.08. The van der Waals surface area contributed by atoms with Gasteiger partial charge in [0.2, 0.25) is 5.91 Å². The lowest BCUT2D eigenvalue weighted by Gasteiger charge is -2.36. The lowest BCUT2D eigenvalue weighted by molar-refractivity contribution is -0.130. The van der Waals surface area contributed by atoms with Gasteiger partial charge in [0.15, 0.2) is 0 Å². The van der Waals surface area contributed by atoms with Gasteiger partial charge in [-0.15, -0.1) is 0 Å². The highest BCUT2D eigenvalue weighted by Gasteiger charge is 2.31. The van der Waals surface area contributed by atoms with Crippen molar-refractivity contribution in [1.29, 1.82) is 0 Å². The molecule has 0 aromatic heterocycles. The maximum Gasteiger partial charge on any atom is 0.222 e. The van der Waals surface area contributed by atoms with E-state index >= 15 is 0 Å². The number of hydrogen-bond acceptors (Lipinski definition) is 1. The van der Waals surface area contributed by atoms with E-state index in [9.17, 15) is 4.79 Å². The van der Waals surface area contributed by atoms with Crippen LogP contribution in [0.2, 0.25) is 0 Å². The molecule has 1 saturated carbocycles. The Labute approximate surface area is 99.4 Å². The van der Waals surface area contributed by atoms with Gasteiger partial charge in [-0.3, -0.25) is 4.79 Å². The summed E-state index contributed by atoms with van der Waals surface area (Å²) in [7, 11) is 0. The Morgan fingerprint density at radius 1 is 1.31 bits per heavy atom. The summed E-state index contributed by atoms with van der Waals surface area (Å²) in [5.41, 5.74) is 0. The molecule has 0 spiro atoms. The summed E-state index contributed by atoms with van der Waals surface area (Å²) >= 11 is 0. The van der Waals surface area contributed by atoms with Gasteiger partial charge in [-0.1, -0.05) is 26.7 Å². The summed E-state index contributed by atoms with van der Waals surface area (Å²) in [6.07, 6.45) is 8.46. The number of nitrogens with zero attached hydrogens (tertiary/aromatic N) is 1. The molecule has 0 aromatic rings. The number of hydrogen-bond donors (Lipinski definition) is 0.